The highest BCUT2D eigenvalue weighted by Crippen LogP contribution is 2.16. The van der Waals surface area contributed by atoms with Gasteiger partial charge in [-0.3, -0.25) is 0 Å². The fourth-order valence-corrected chi connectivity index (χ4v) is 1.55. The summed E-state index contributed by atoms with van der Waals surface area (Å²) in [4.78, 5) is 0. The van der Waals surface area contributed by atoms with Gasteiger partial charge in [-0.2, -0.15) is 0 Å². The van der Waals surface area contributed by atoms with E-state index in [1.807, 2.05) is 0 Å². The lowest BCUT2D eigenvalue weighted by Gasteiger charge is -2.32. The van der Waals surface area contributed by atoms with E-state index >= 15 is 0 Å². The van der Waals surface area contributed by atoms with Crippen molar-refractivity contribution >= 4 is 0 Å². The summed E-state index contributed by atoms with van der Waals surface area (Å²) in [5, 5.41) is 10.0. The maximum Gasteiger partial charge on any atom is 0.149 e. The summed E-state index contributed by atoms with van der Waals surface area (Å²) in [6, 6.07) is 0. The number of hydrogen-bond acceptors (Lipinski definition) is 7. The third-order valence-corrected chi connectivity index (χ3v) is 2.49. The zero-order valence-corrected chi connectivity index (χ0v) is 12.7. The first-order valence-corrected chi connectivity index (χ1v) is 6.24. The van der Waals surface area contributed by atoms with Gasteiger partial charge < -0.3 is 33.5 Å². The molecule has 0 aliphatic carbocycles. The maximum atomic E-state index is 10.0. The third-order valence-electron chi connectivity index (χ3n) is 2.49. The first kappa shape index (κ1) is 20.0. The van der Waals surface area contributed by atoms with Gasteiger partial charge in [0.2, 0.25) is 0 Å². The molecule has 7 nitrogen and oxygen atoms in total. The molecule has 0 aliphatic heterocycles. The van der Waals surface area contributed by atoms with Crippen LogP contribution in [0.5, 0.6) is 0 Å². The summed E-state index contributed by atoms with van der Waals surface area (Å²) >= 11 is 0. The van der Waals surface area contributed by atoms with E-state index in [2.05, 4.69) is 12.5 Å². The van der Waals surface area contributed by atoms with Crippen LogP contribution in [-0.2, 0) is 28.4 Å². The second-order valence-electron chi connectivity index (χ2n) is 3.96. The van der Waals surface area contributed by atoms with Crippen LogP contribution in [0, 0.1) is 12.3 Å². The molecule has 0 rings (SSSR count). The summed E-state index contributed by atoms with van der Waals surface area (Å²) in [6.07, 6.45) is 3.29. The van der Waals surface area contributed by atoms with Crippen molar-refractivity contribution in [3.05, 3.63) is 12.7 Å². The van der Waals surface area contributed by atoms with Crippen molar-refractivity contribution < 1.29 is 33.5 Å². The van der Waals surface area contributed by atoms with Crippen LogP contribution in [0.1, 0.15) is 0 Å². The topological polar surface area (TPSA) is 75.6 Å². The first-order chi connectivity index (χ1) is 10.2. The van der Waals surface area contributed by atoms with Crippen molar-refractivity contribution in [3.63, 3.8) is 0 Å². The average molecular weight is 304 g/mol. The molecule has 7 heteroatoms. The number of aliphatic hydroxyl groups is 1. The van der Waals surface area contributed by atoms with Crippen molar-refractivity contribution in [1.29, 1.82) is 0 Å². The van der Waals surface area contributed by atoms with E-state index in [-0.39, 0.29) is 20.4 Å². The summed E-state index contributed by atoms with van der Waals surface area (Å²) < 4.78 is 30.8. The van der Waals surface area contributed by atoms with Gasteiger partial charge in [-0.05, 0) is 0 Å². The van der Waals surface area contributed by atoms with Crippen LogP contribution in [0.4, 0.5) is 0 Å². The molecule has 0 aromatic rings. The minimum atomic E-state index is -1.02. The van der Waals surface area contributed by atoms with Gasteiger partial charge in [0.05, 0.1) is 0 Å². The second kappa shape index (κ2) is 12.7. The number of terminal acetylenes is 1. The van der Waals surface area contributed by atoms with Crippen molar-refractivity contribution in [2.75, 3.05) is 41.7 Å². The van der Waals surface area contributed by atoms with Gasteiger partial charge in [0.15, 0.2) is 0 Å². The quantitative estimate of drug-likeness (QED) is 0.294. The maximum absolute atomic E-state index is 10.0. The SMILES string of the molecule is C#C[C@@H](OCOC)[C@@H](OCOC)[C@H](OCOC)[C@@H](O)C=C. The molecule has 0 unspecified atom stereocenters. The Hall–Kier alpha value is -0.980. The van der Waals surface area contributed by atoms with Crippen molar-refractivity contribution in [1.82, 2.24) is 0 Å². The Labute approximate surface area is 125 Å². The third kappa shape index (κ3) is 7.55. The minimum Gasteiger partial charge on any atom is -0.386 e. The highest BCUT2D eigenvalue weighted by Gasteiger charge is 2.35. The van der Waals surface area contributed by atoms with Gasteiger partial charge in [0.25, 0.3) is 0 Å². The molecule has 0 aromatic heterocycles. The molecule has 0 saturated carbocycles. The lowest BCUT2D eigenvalue weighted by Crippen LogP contribution is -2.48. The van der Waals surface area contributed by atoms with E-state index in [1.165, 1.54) is 27.4 Å². The highest BCUT2D eigenvalue weighted by atomic mass is 16.7. The van der Waals surface area contributed by atoms with E-state index in [0.717, 1.165) is 0 Å². The summed E-state index contributed by atoms with van der Waals surface area (Å²) in [7, 11) is 4.39. The molecule has 4 atom stereocenters. The van der Waals surface area contributed by atoms with Crippen LogP contribution in [-0.4, -0.2) is 71.2 Å². The molecule has 0 radical (unpaired) electrons. The van der Waals surface area contributed by atoms with Crippen molar-refractivity contribution in [2.45, 2.75) is 24.4 Å². The Kier molecular flexibility index (Phi) is 12.1. The predicted octanol–water partition coefficient (Wildman–Crippen LogP) is 0.134. The Bertz CT molecular complexity index is 302. The molecule has 0 bridgehead atoms. The summed E-state index contributed by atoms with van der Waals surface area (Å²) in [6.45, 7) is 3.40. The predicted molar refractivity (Wildman–Crippen MR) is 75.3 cm³/mol. The van der Waals surface area contributed by atoms with E-state index in [0.29, 0.717) is 0 Å². The van der Waals surface area contributed by atoms with Crippen LogP contribution >= 0.6 is 0 Å². The van der Waals surface area contributed by atoms with Gasteiger partial charge >= 0.3 is 0 Å². The van der Waals surface area contributed by atoms with Crippen LogP contribution in [0.15, 0.2) is 12.7 Å². The summed E-state index contributed by atoms with van der Waals surface area (Å²) in [5.74, 6) is 2.43. The van der Waals surface area contributed by atoms with Crippen LogP contribution in [0.25, 0.3) is 0 Å². The Morgan fingerprint density at radius 3 is 1.90 bits per heavy atom. The molecule has 0 aromatic carbocycles. The normalized spacial score (nSPS) is 16.7. The van der Waals surface area contributed by atoms with E-state index in [1.54, 1.807) is 0 Å². The van der Waals surface area contributed by atoms with E-state index in [4.69, 9.17) is 34.8 Å². The molecule has 0 spiro atoms. The first-order valence-electron chi connectivity index (χ1n) is 6.24. The monoisotopic (exact) mass is 304 g/mol. The fourth-order valence-electron chi connectivity index (χ4n) is 1.55. The zero-order chi connectivity index (χ0) is 16.1. The average Bonchev–Trinajstić information content (AvgIpc) is 2.51. The van der Waals surface area contributed by atoms with Crippen LogP contribution in [0.3, 0.4) is 0 Å². The van der Waals surface area contributed by atoms with Crippen LogP contribution < -0.4 is 0 Å². The van der Waals surface area contributed by atoms with Crippen molar-refractivity contribution in [2.24, 2.45) is 0 Å². The molecule has 21 heavy (non-hydrogen) atoms. The molecule has 0 amide bonds. The second-order valence-corrected chi connectivity index (χ2v) is 3.96. The Balaban J connectivity index is 5.07. The standard InChI is InChI=1S/C14H24O7/c1-6-11(15)13(20-9-17-4)14(21-10-18-5)12(7-2)19-8-16-3/h2,6,11-15H,1,8-10H2,3-5H3/t11-,12+,13+,14+/m0/s1. The Morgan fingerprint density at radius 1 is 1.00 bits per heavy atom. The number of aliphatic hydroxyl groups excluding tert-OH is 1. The molecular weight excluding hydrogens is 280 g/mol. The number of ether oxygens (including phenoxy) is 6. The smallest absolute Gasteiger partial charge is 0.149 e. The van der Waals surface area contributed by atoms with Crippen molar-refractivity contribution in [3.8, 4) is 12.3 Å². The number of methoxy groups -OCH3 is 3. The van der Waals surface area contributed by atoms with Gasteiger partial charge in [0.1, 0.15) is 44.8 Å². The van der Waals surface area contributed by atoms with Gasteiger partial charge in [-0.25, -0.2) is 0 Å². The molecular formula is C14H24O7. The zero-order valence-electron chi connectivity index (χ0n) is 12.7. The lowest BCUT2D eigenvalue weighted by molar-refractivity contribution is -0.210. The van der Waals surface area contributed by atoms with Gasteiger partial charge in [0, 0.05) is 21.3 Å². The van der Waals surface area contributed by atoms with Gasteiger partial charge in [-0.1, -0.05) is 12.0 Å². The fraction of sp³-hybridized carbons (Fsp3) is 0.714. The number of rotatable bonds is 13. The van der Waals surface area contributed by atoms with E-state index in [9.17, 15) is 5.11 Å². The summed E-state index contributed by atoms with van der Waals surface area (Å²) in [5.41, 5.74) is 0. The minimum absolute atomic E-state index is 0.0249. The number of hydrogen-bond donors (Lipinski definition) is 1. The molecule has 1 N–H and O–H groups in total. The molecule has 122 valence electrons. The molecule has 0 saturated heterocycles. The molecule has 0 aliphatic rings. The lowest BCUT2D eigenvalue weighted by atomic mass is 10.0. The van der Waals surface area contributed by atoms with E-state index < -0.39 is 24.4 Å². The van der Waals surface area contributed by atoms with Gasteiger partial charge in [-0.15, -0.1) is 13.0 Å². The molecule has 0 heterocycles. The highest BCUT2D eigenvalue weighted by molar-refractivity contribution is 5.04. The molecule has 0 fully saturated rings. The largest absolute Gasteiger partial charge is 0.386 e. The van der Waals surface area contributed by atoms with Crippen LogP contribution in [0.2, 0.25) is 0 Å². The Morgan fingerprint density at radius 2 is 1.48 bits per heavy atom.